The fraction of sp³-hybridized carbons (Fsp3) is 0.400. The Hall–Kier alpha value is -1.92. The van der Waals surface area contributed by atoms with Crippen LogP contribution in [0.4, 0.5) is 0 Å². The average molecular weight is 325 g/mol. The predicted octanol–water partition coefficient (Wildman–Crippen LogP) is 2.25. The van der Waals surface area contributed by atoms with Crippen molar-refractivity contribution in [1.82, 2.24) is 15.5 Å². The SMILES string of the molecule is CCc1ccc(-c2noc(C(C)NC(=O)[C@@H](C)N)n2)cc1.Cl. The van der Waals surface area contributed by atoms with Crippen LogP contribution in [0.2, 0.25) is 0 Å². The van der Waals surface area contributed by atoms with Crippen molar-refractivity contribution in [2.75, 3.05) is 0 Å². The van der Waals surface area contributed by atoms with Crippen LogP contribution in [0, 0.1) is 0 Å². The van der Waals surface area contributed by atoms with Gasteiger partial charge in [0.1, 0.15) is 6.04 Å². The van der Waals surface area contributed by atoms with Gasteiger partial charge in [-0.3, -0.25) is 4.79 Å². The molecule has 1 aromatic carbocycles. The Labute approximate surface area is 135 Å². The zero-order chi connectivity index (χ0) is 15.4. The molecule has 22 heavy (non-hydrogen) atoms. The maximum Gasteiger partial charge on any atom is 0.249 e. The Bertz CT molecular complexity index is 610. The first-order valence-electron chi connectivity index (χ1n) is 7.00. The molecule has 0 spiro atoms. The van der Waals surface area contributed by atoms with Gasteiger partial charge in [0.25, 0.3) is 0 Å². The third kappa shape index (κ3) is 4.29. The summed E-state index contributed by atoms with van der Waals surface area (Å²) >= 11 is 0. The van der Waals surface area contributed by atoms with Gasteiger partial charge < -0.3 is 15.6 Å². The summed E-state index contributed by atoms with van der Waals surface area (Å²) in [6.45, 7) is 5.50. The van der Waals surface area contributed by atoms with Crippen LogP contribution in [0.25, 0.3) is 11.4 Å². The second kappa shape index (κ2) is 7.91. The largest absolute Gasteiger partial charge is 0.343 e. The minimum absolute atomic E-state index is 0. The van der Waals surface area contributed by atoms with Gasteiger partial charge >= 0.3 is 0 Å². The van der Waals surface area contributed by atoms with E-state index < -0.39 is 6.04 Å². The molecule has 1 heterocycles. The highest BCUT2D eigenvalue weighted by atomic mass is 35.5. The minimum Gasteiger partial charge on any atom is -0.343 e. The maximum absolute atomic E-state index is 11.5. The first-order valence-corrected chi connectivity index (χ1v) is 7.00. The van der Waals surface area contributed by atoms with Crippen molar-refractivity contribution in [3.8, 4) is 11.4 Å². The van der Waals surface area contributed by atoms with E-state index in [2.05, 4.69) is 22.4 Å². The average Bonchev–Trinajstić information content (AvgIpc) is 2.97. The number of hydrogen-bond acceptors (Lipinski definition) is 5. The number of hydrogen-bond donors (Lipinski definition) is 2. The molecule has 120 valence electrons. The summed E-state index contributed by atoms with van der Waals surface area (Å²) in [5.74, 6) is 0.614. The van der Waals surface area contributed by atoms with E-state index in [4.69, 9.17) is 10.3 Å². The van der Waals surface area contributed by atoms with Gasteiger partial charge in [-0.2, -0.15) is 4.98 Å². The summed E-state index contributed by atoms with van der Waals surface area (Å²) < 4.78 is 5.20. The summed E-state index contributed by atoms with van der Waals surface area (Å²) in [4.78, 5) is 15.9. The van der Waals surface area contributed by atoms with E-state index in [0.29, 0.717) is 11.7 Å². The smallest absolute Gasteiger partial charge is 0.249 e. The van der Waals surface area contributed by atoms with E-state index in [1.54, 1.807) is 13.8 Å². The lowest BCUT2D eigenvalue weighted by Crippen LogP contribution is -2.39. The molecule has 0 aliphatic carbocycles. The number of nitrogens with one attached hydrogen (secondary N) is 1. The Morgan fingerprint density at radius 2 is 1.95 bits per heavy atom. The van der Waals surface area contributed by atoms with Gasteiger partial charge in [0.15, 0.2) is 0 Å². The van der Waals surface area contributed by atoms with Gasteiger partial charge in [-0.1, -0.05) is 36.3 Å². The Morgan fingerprint density at radius 3 is 2.50 bits per heavy atom. The van der Waals surface area contributed by atoms with E-state index in [1.807, 2.05) is 24.3 Å². The molecule has 0 bridgehead atoms. The number of carbonyl (C=O) groups is 1. The second-order valence-electron chi connectivity index (χ2n) is 5.03. The minimum atomic E-state index is -0.573. The predicted molar refractivity (Wildman–Crippen MR) is 86.6 cm³/mol. The maximum atomic E-state index is 11.5. The van der Waals surface area contributed by atoms with E-state index in [0.717, 1.165) is 12.0 Å². The molecule has 0 saturated carbocycles. The van der Waals surface area contributed by atoms with Gasteiger partial charge in [0.2, 0.25) is 17.6 Å². The number of amides is 1. The molecule has 1 unspecified atom stereocenters. The van der Waals surface area contributed by atoms with Crippen LogP contribution < -0.4 is 11.1 Å². The monoisotopic (exact) mass is 324 g/mol. The Kier molecular flexibility index (Phi) is 6.52. The van der Waals surface area contributed by atoms with Gasteiger partial charge in [0.05, 0.1) is 6.04 Å². The normalized spacial score (nSPS) is 13.1. The lowest BCUT2D eigenvalue weighted by Gasteiger charge is -2.11. The van der Waals surface area contributed by atoms with Crippen molar-refractivity contribution in [3.05, 3.63) is 35.7 Å². The molecule has 2 aromatic rings. The summed E-state index contributed by atoms with van der Waals surface area (Å²) in [6, 6.07) is 7.03. The topological polar surface area (TPSA) is 94.0 Å². The number of rotatable bonds is 5. The number of nitrogens with zero attached hydrogens (tertiary/aromatic N) is 2. The summed E-state index contributed by atoms with van der Waals surface area (Å²) in [5.41, 5.74) is 7.64. The molecule has 2 atom stereocenters. The van der Waals surface area contributed by atoms with Crippen molar-refractivity contribution < 1.29 is 9.32 Å². The molecule has 0 radical (unpaired) electrons. The summed E-state index contributed by atoms with van der Waals surface area (Å²) in [7, 11) is 0. The van der Waals surface area contributed by atoms with Crippen molar-refractivity contribution >= 4 is 18.3 Å². The Morgan fingerprint density at radius 1 is 1.32 bits per heavy atom. The molecule has 6 nitrogen and oxygen atoms in total. The van der Waals surface area contributed by atoms with Crippen LogP contribution in [0.3, 0.4) is 0 Å². The molecule has 1 amide bonds. The van der Waals surface area contributed by atoms with Crippen molar-refractivity contribution in [2.45, 2.75) is 39.3 Å². The van der Waals surface area contributed by atoms with E-state index in [9.17, 15) is 4.79 Å². The highest BCUT2D eigenvalue weighted by Crippen LogP contribution is 2.19. The molecule has 0 fully saturated rings. The number of halogens is 1. The molecule has 1 aromatic heterocycles. The highest BCUT2D eigenvalue weighted by Gasteiger charge is 2.18. The lowest BCUT2D eigenvalue weighted by molar-refractivity contribution is -0.122. The van der Waals surface area contributed by atoms with Crippen LogP contribution in [0.15, 0.2) is 28.8 Å². The van der Waals surface area contributed by atoms with Gasteiger partial charge in [-0.25, -0.2) is 0 Å². The van der Waals surface area contributed by atoms with E-state index in [-0.39, 0.29) is 24.4 Å². The van der Waals surface area contributed by atoms with Crippen molar-refractivity contribution in [3.63, 3.8) is 0 Å². The van der Waals surface area contributed by atoms with Gasteiger partial charge in [0, 0.05) is 5.56 Å². The number of aryl methyl sites for hydroxylation is 1. The number of benzene rings is 1. The van der Waals surface area contributed by atoms with Crippen LogP contribution in [0.5, 0.6) is 0 Å². The molecular weight excluding hydrogens is 304 g/mol. The van der Waals surface area contributed by atoms with Crippen LogP contribution >= 0.6 is 12.4 Å². The zero-order valence-electron chi connectivity index (χ0n) is 12.9. The summed E-state index contributed by atoms with van der Waals surface area (Å²) in [5, 5.41) is 6.66. The third-order valence-electron chi connectivity index (χ3n) is 3.20. The molecule has 0 aliphatic rings. The molecule has 3 N–H and O–H groups in total. The number of nitrogens with two attached hydrogens (primary N) is 1. The molecule has 2 rings (SSSR count). The van der Waals surface area contributed by atoms with Crippen LogP contribution in [-0.4, -0.2) is 22.1 Å². The highest BCUT2D eigenvalue weighted by molar-refractivity contribution is 5.85. The number of aromatic nitrogens is 2. The second-order valence-corrected chi connectivity index (χ2v) is 5.03. The first-order chi connectivity index (χ1) is 10.0. The van der Waals surface area contributed by atoms with E-state index in [1.165, 1.54) is 5.56 Å². The lowest BCUT2D eigenvalue weighted by atomic mass is 10.1. The van der Waals surface area contributed by atoms with Gasteiger partial charge in [-0.05, 0) is 25.8 Å². The molecule has 7 heteroatoms. The fourth-order valence-electron chi connectivity index (χ4n) is 1.82. The fourth-order valence-corrected chi connectivity index (χ4v) is 1.82. The first kappa shape index (κ1) is 18.1. The zero-order valence-corrected chi connectivity index (χ0v) is 13.7. The molecular formula is C15H21ClN4O2. The standard InChI is InChI=1S/C15H20N4O2.ClH/c1-4-11-5-7-12(8-6-11)13-18-15(21-19-13)10(3)17-14(20)9(2)16;/h5-10H,4,16H2,1-3H3,(H,17,20);1H/t9-,10?;/m1./s1. The van der Waals surface area contributed by atoms with Crippen molar-refractivity contribution in [1.29, 1.82) is 0 Å². The molecule has 0 aliphatic heterocycles. The van der Waals surface area contributed by atoms with E-state index >= 15 is 0 Å². The number of carbonyl (C=O) groups excluding carboxylic acids is 1. The van der Waals surface area contributed by atoms with Crippen molar-refractivity contribution in [2.24, 2.45) is 5.73 Å². The Balaban J connectivity index is 0.00000242. The van der Waals surface area contributed by atoms with Crippen LogP contribution in [-0.2, 0) is 11.2 Å². The molecule has 0 saturated heterocycles. The van der Waals surface area contributed by atoms with Gasteiger partial charge in [-0.15, -0.1) is 12.4 Å². The summed E-state index contributed by atoms with van der Waals surface area (Å²) in [6.07, 6.45) is 0.984. The quantitative estimate of drug-likeness (QED) is 0.879. The van der Waals surface area contributed by atoms with Crippen LogP contribution in [0.1, 0.15) is 38.3 Å². The third-order valence-corrected chi connectivity index (χ3v) is 3.20.